The van der Waals surface area contributed by atoms with Gasteiger partial charge in [-0.1, -0.05) is 30.8 Å². The number of hydrogen-bond acceptors (Lipinski definition) is 8. The molecule has 1 aliphatic rings. The molecule has 0 fully saturated rings. The van der Waals surface area contributed by atoms with Gasteiger partial charge in [0.05, 0.1) is 23.4 Å². The standard InChI is InChI=1S/C23H24FN5O4S/c1-3-12-34-23(26)28-19-10-8-14(29(31)32)13-16(19)21(15-6-4-5-7-17(15)24)27-18(22(28)25)9-11-20(30)33-2/h4-8,10,13,18,25-26H,3,9,11-12H2,1-2H3/t18-/m0/s1. The van der Waals surface area contributed by atoms with Crippen molar-refractivity contribution >= 4 is 45.8 Å². The monoisotopic (exact) mass is 485 g/mol. The quantitative estimate of drug-likeness (QED) is 0.191. The molecule has 34 heavy (non-hydrogen) atoms. The molecule has 2 aromatic rings. The van der Waals surface area contributed by atoms with Crippen molar-refractivity contribution < 1.29 is 18.8 Å². The molecule has 0 aliphatic carbocycles. The number of ether oxygens (including phenoxy) is 1. The Kier molecular flexibility index (Phi) is 8.11. The highest BCUT2D eigenvalue weighted by molar-refractivity contribution is 8.14. The minimum absolute atomic E-state index is 0.0370. The topological polar surface area (TPSA) is 133 Å². The maximum absolute atomic E-state index is 14.9. The molecule has 1 aliphatic heterocycles. The van der Waals surface area contributed by atoms with Crippen LogP contribution in [0.1, 0.15) is 37.3 Å². The first-order valence-corrected chi connectivity index (χ1v) is 11.5. The van der Waals surface area contributed by atoms with Crippen LogP contribution in [0.5, 0.6) is 0 Å². The molecule has 9 nitrogen and oxygen atoms in total. The summed E-state index contributed by atoms with van der Waals surface area (Å²) in [6, 6.07) is 8.99. The number of hydrogen-bond donors (Lipinski definition) is 2. The van der Waals surface area contributed by atoms with E-state index in [2.05, 4.69) is 4.99 Å². The smallest absolute Gasteiger partial charge is 0.305 e. The Morgan fingerprint density at radius 2 is 2.03 bits per heavy atom. The highest BCUT2D eigenvalue weighted by atomic mass is 32.2. The molecule has 0 spiro atoms. The fourth-order valence-electron chi connectivity index (χ4n) is 3.50. The van der Waals surface area contributed by atoms with Gasteiger partial charge in [0.2, 0.25) is 0 Å². The van der Waals surface area contributed by atoms with Gasteiger partial charge in [-0.15, -0.1) is 0 Å². The number of halogens is 1. The number of esters is 1. The van der Waals surface area contributed by atoms with Crippen LogP contribution in [0.3, 0.4) is 0 Å². The van der Waals surface area contributed by atoms with Gasteiger partial charge in [-0.05, 0) is 31.0 Å². The van der Waals surface area contributed by atoms with Gasteiger partial charge < -0.3 is 4.74 Å². The van der Waals surface area contributed by atoms with Crippen LogP contribution in [-0.4, -0.2) is 46.5 Å². The number of anilines is 1. The second-order valence-corrected chi connectivity index (χ2v) is 8.50. The van der Waals surface area contributed by atoms with Crippen molar-refractivity contribution in [2.45, 2.75) is 32.2 Å². The molecule has 11 heteroatoms. The zero-order valence-electron chi connectivity index (χ0n) is 18.7. The van der Waals surface area contributed by atoms with Crippen LogP contribution in [-0.2, 0) is 9.53 Å². The minimum Gasteiger partial charge on any atom is -0.469 e. The van der Waals surface area contributed by atoms with Crippen molar-refractivity contribution in [3.63, 3.8) is 0 Å². The summed E-state index contributed by atoms with van der Waals surface area (Å²) in [5, 5.41) is 29.1. The number of nitro benzene ring substituents is 1. The number of benzene rings is 2. The average molecular weight is 486 g/mol. The maximum atomic E-state index is 14.9. The number of carbonyl (C=O) groups excluding carboxylic acids is 1. The van der Waals surface area contributed by atoms with Gasteiger partial charge >= 0.3 is 5.97 Å². The lowest BCUT2D eigenvalue weighted by Gasteiger charge is -2.27. The maximum Gasteiger partial charge on any atom is 0.305 e. The Hall–Kier alpha value is -3.60. The Labute approximate surface area is 200 Å². The highest BCUT2D eigenvalue weighted by Crippen LogP contribution is 2.34. The lowest BCUT2D eigenvalue weighted by Crippen LogP contribution is -2.40. The van der Waals surface area contributed by atoms with Gasteiger partial charge in [-0.3, -0.25) is 35.6 Å². The van der Waals surface area contributed by atoms with Gasteiger partial charge in [-0.2, -0.15) is 0 Å². The van der Waals surface area contributed by atoms with Crippen LogP contribution >= 0.6 is 11.8 Å². The fraction of sp³-hybridized carbons (Fsp3) is 0.304. The molecule has 0 aromatic heterocycles. The summed E-state index contributed by atoms with van der Waals surface area (Å²) in [7, 11) is 1.26. The number of carbonyl (C=O) groups is 1. The Bertz CT molecular complexity index is 1170. The van der Waals surface area contributed by atoms with E-state index in [0.29, 0.717) is 11.4 Å². The van der Waals surface area contributed by atoms with E-state index in [9.17, 15) is 19.3 Å². The average Bonchev–Trinajstić information content (AvgIpc) is 2.95. The van der Waals surface area contributed by atoms with Crippen molar-refractivity contribution in [3.8, 4) is 0 Å². The summed E-state index contributed by atoms with van der Waals surface area (Å²) in [4.78, 5) is 28.7. The molecule has 1 atom stereocenters. The normalized spacial score (nSPS) is 15.3. The number of fused-ring (bicyclic) bond motifs is 1. The van der Waals surface area contributed by atoms with Crippen molar-refractivity contribution in [2.24, 2.45) is 4.99 Å². The molecule has 0 saturated carbocycles. The first-order valence-electron chi connectivity index (χ1n) is 10.6. The van der Waals surface area contributed by atoms with Gasteiger partial charge in [-0.25, -0.2) is 4.39 Å². The van der Waals surface area contributed by atoms with E-state index in [1.807, 2.05) is 6.92 Å². The number of aliphatic imine (C=N–C) groups is 1. The number of nitrogens with one attached hydrogen (secondary N) is 2. The second kappa shape index (κ2) is 11.0. The highest BCUT2D eigenvalue weighted by Gasteiger charge is 2.34. The van der Waals surface area contributed by atoms with Gasteiger partial charge in [0.15, 0.2) is 5.17 Å². The first kappa shape index (κ1) is 25.0. The van der Waals surface area contributed by atoms with Crippen LogP contribution in [0, 0.1) is 26.8 Å². The van der Waals surface area contributed by atoms with Crippen LogP contribution in [0.4, 0.5) is 15.8 Å². The lowest BCUT2D eigenvalue weighted by molar-refractivity contribution is -0.384. The van der Waals surface area contributed by atoms with E-state index in [1.165, 1.54) is 60.2 Å². The summed E-state index contributed by atoms with van der Waals surface area (Å²) in [5.74, 6) is -0.534. The zero-order valence-corrected chi connectivity index (χ0v) is 19.5. The van der Waals surface area contributed by atoms with Crippen LogP contribution in [0.2, 0.25) is 0 Å². The molecule has 0 unspecified atom stereocenters. The molecular weight excluding hydrogens is 461 g/mol. The summed E-state index contributed by atoms with van der Waals surface area (Å²) in [6.07, 6.45) is 0.837. The third kappa shape index (κ3) is 5.30. The Balaban J connectivity index is 2.26. The number of non-ortho nitro benzene ring substituents is 1. The van der Waals surface area contributed by atoms with E-state index in [1.54, 1.807) is 6.07 Å². The molecule has 1 heterocycles. The number of rotatable bonds is 7. The largest absolute Gasteiger partial charge is 0.469 e. The van der Waals surface area contributed by atoms with Crippen molar-refractivity contribution in [1.82, 2.24) is 0 Å². The predicted molar refractivity (Wildman–Crippen MR) is 131 cm³/mol. The van der Waals surface area contributed by atoms with Gasteiger partial charge in [0.25, 0.3) is 5.69 Å². The molecule has 3 rings (SSSR count). The Morgan fingerprint density at radius 3 is 2.68 bits per heavy atom. The number of benzodiazepines with no additional fused rings is 1. The molecule has 2 N–H and O–H groups in total. The van der Waals surface area contributed by atoms with E-state index < -0.39 is 22.8 Å². The van der Waals surface area contributed by atoms with Crippen molar-refractivity contribution in [1.29, 1.82) is 10.8 Å². The molecule has 0 amide bonds. The predicted octanol–water partition coefficient (Wildman–Crippen LogP) is 4.77. The number of nitrogens with zero attached hydrogens (tertiary/aromatic N) is 3. The zero-order chi connectivity index (χ0) is 24.8. The third-order valence-corrected chi connectivity index (χ3v) is 6.22. The second-order valence-electron chi connectivity index (χ2n) is 7.42. The molecule has 178 valence electrons. The summed E-state index contributed by atoms with van der Waals surface area (Å²) in [6.45, 7) is 1.96. The molecule has 0 saturated heterocycles. The number of methoxy groups -OCH3 is 1. The van der Waals surface area contributed by atoms with Gasteiger partial charge in [0, 0.05) is 35.4 Å². The third-order valence-electron chi connectivity index (χ3n) is 5.15. The lowest BCUT2D eigenvalue weighted by atomic mass is 9.99. The van der Waals surface area contributed by atoms with E-state index in [-0.39, 0.29) is 46.4 Å². The van der Waals surface area contributed by atoms with E-state index in [0.717, 1.165) is 6.42 Å². The SMILES string of the molecule is CCCSC(=N)N1C(=N)[C@H](CCC(=O)OC)N=C(c2ccccc2F)c2cc([N+](=O)[O-])ccc21. The molecule has 2 aromatic carbocycles. The molecule has 0 bridgehead atoms. The Morgan fingerprint density at radius 1 is 1.29 bits per heavy atom. The number of nitro groups is 1. The summed E-state index contributed by atoms with van der Waals surface area (Å²) >= 11 is 1.22. The van der Waals surface area contributed by atoms with Crippen molar-refractivity contribution in [3.05, 3.63) is 69.5 Å². The molecular formula is C23H24FN5O4S. The van der Waals surface area contributed by atoms with E-state index >= 15 is 0 Å². The summed E-state index contributed by atoms with van der Waals surface area (Å²) < 4.78 is 19.6. The van der Waals surface area contributed by atoms with Gasteiger partial charge in [0.1, 0.15) is 17.7 Å². The number of amidine groups is 2. The fourth-order valence-corrected chi connectivity index (χ4v) is 4.22. The van der Waals surface area contributed by atoms with Crippen LogP contribution in [0.25, 0.3) is 0 Å². The summed E-state index contributed by atoms with van der Waals surface area (Å²) in [5.41, 5.74) is 0.537. The first-order chi connectivity index (χ1) is 16.3. The van der Waals surface area contributed by atoms with Crippen LogP contribution in [0.15, 0.2) is 47.5 Å². The minimum atomic E-state index is -0.914. The number of thioether (sulfide) groups is 1. The van der Waals surface area contributed by atoms with Crippen molar-refractivity contribution in [2.75, 3.05) is 17.8 Å². The molecule has 0 radical (unpaired) electrons. The van der Waals surface area contributed by atoms with E-state index in [4.69, 9.17) is 15.6 Å². The van der Waals surface area contributed by atoms with Crippen LogP contribution < -0.4 is 4.90 Å².